The molecule has 138 valence electrons. The second-order valence-electron chi connectivity index (χ2n) is 5.81. The Bertz CT molecular complexity index is 775. The number of piperazine rings is 1. The molecule has 1 aliphatic heterocycles. The SMILES string of the molecule is O=CNc1ccc(N2CCN(c3ncc(C(F)(F)F)cc3Cl)CC2)cc1. The van der Waals surface area contributed by atoms with Crippen molar-refractivity contribution >= 4 is 35.2 Å². The lowest BCUT2D eigenvalue weighted by atomic mass is 10.2. The summed E-state index contributed by atoms with van der Waals surface area (Å²) in [5, 5.41) is 2.57. The largest absolute Gasteiger partial charge is 0.417 e. The van der Waals surface area contributed by atoms with Gasteiger partial charge >= 0.3 is 6.18 Å². The van der Waals surface area contributed by atoms with Gasteiger partial charge < -0.3 is 15.1 Å². The highest BCUT2D eigenvalue weighted by atomic mass is 35.5. The van der Waals surface area contributed by atoms with Crippen LogP contribution in [0, 0.1) is 0 Å². The van der Waals surface area contributed by atoms with E-state index in [9.17, 15) is 18.0 Å². The standard InChI is InChI=1S/C17H16ClF3N4O/c18-15-9-12(17(19,20)21)10-22-16(15)25-7-5-24(6-8-25)14-3-1-13(2-4-14)23-11-26/h1-4,9-11H,5-8H2,(H,23,26). The molecule has 0 bridgehead atoms. The summed E-state index contributed by atoms with van der Waals surface area (Å²) in [6, 6.07) is 8.35. The van der Waals surface area contributed by atoms with Crippen molar-refractivity contribution in [2.24, 2.45) is 0 Å². The number of benzene rings is 1. The highest BCUT2D eigenvalue weighted by Crippen LogP contribution is 2.34. The second-order valence-corrected chi connectivity index (χ2v) is 6.22. The average molecular weight is 385 g/mol. The molecule has 26 heavy (non-hydrogen) atoms. The summed E-state index contributed by atoms with van der Waals surface area (Å²) in [6.07, 6.45) is -3.03. The number of aromatic nitrogens is 1. The maximum atomic E-state index is 12.7. The van der Waals surface area contributed by atoms with Crippen LogP contribution in [0.25, 0.3) is 0 Å². The van der Waals surface area contributed by atoms with Gasteiger partial charge in [-0.3, -0.25) is 4.79 Å². The predicted molar refractivity (Wildman–Crippen MR) is 94.8 cm³/mol. The van der Waals surface area contributed by atoms with Gasteiger partial charge in [0.05, 0.1) is 10.6 Å². The summed E-state index contributed by atoms with van der Waals surface area (Å²) in [5.74, 6) is 0.366. The Hall–Kier alpha value is -2.48. The van der Waals surface area contributed by atoms with E-state index in [-0.39, 0.29) is 5.02 Å². The summed E-state index contributed by atoms with van der Waals surface area (Å²) >= 11 is 6.02. The molecule has 0 atom stereocenters. The number of carbonyl (C=O) groups is 1. The quantitative estimate of drug-likeness (QED) is 0.817. The molecule has 1 aromatic carbocycles. The van der Waals surface area contributed by atoms with Crippen LogP contribution in [0.1, 0.15) is 5.56 Å². The summed E-state index contributed by atoms with van der Waals surface area (Å²) in [5.41, 5.74) is 0.865. The van der Waals surface area contributed by atoms with E-state index in [0.717, 1.165) is 18.0 Å². The molecule has 1 aliphatic rings. The van der Waals surface area contributed by atoms with Gasteiger partial charge in [-0.05, 0) is 30.3 Å². The van der Waals surface area contributed by atoms with E-state index >= 15 is 0 Å². The zero-order chi connectivity index (χ0) is 18.7. The number of carbonyl (C=O) groups excluding carboxylic acids is 1. The van der Waals surface area contributed by atoms with Gasteiger partial charge in [0.2, 0.25) is 6.41 Å². The first-order chi connectivity index (χ1) is 12.4. The third kappa shape index (κ3) is 4.01. The minimum absolute atomic E-state index is 0.00225. The summed E-state index contributed by atoms with van der Waals surface area (Å²) in [4.78, 5) is 18.4. The van der Waals surface area contributed by atoms with Crippen LogP contribution in [0.3, 0.4) is 0 Å². The zero-order valence-electron chi connectivity index (χ0n) is 13.6. The van der Waals surface area contributed by atoms with Gasteiger partial charge in [-0.1, -0.05) is 11.6 Å². The predicted octanol–water partition coefficient (Wildman–Crippen LogP) is 3.65. The van der Waals surface area contributed by atoms with Crippen molar-refractivity contribution in [3.8, 4) is 0 Å². The number of rotatable bonds is 4. The summed E-state index contributed by atoms with van der Waals surface area (Å²) < 4.78 is 38.1. The lowest BCUT2D eigenvalue weighted by Gasteiger charge is -2.37. The Morgan fingerprint density at radius 2 is 1.69 bits per heavy atom. The third-order valence-electron chi connectivity index (χ3n) is 4.19. The molecule has 1 N–H and O–H groups in total. The molecule has 1 fully saturated rings. The van der Waals surface area contributed by atoms with Crippen molar-refractivity contribution in [1.29, 1.82) is 0 Å². The average Bonchev–Trinajstić information content (AvgIpc) is 2.62. The number of nitrogens with zero attached hydrogens (tertiary/aromatic N) is 3. The highest BCUT2D eigenvalue weighted by Gasteiger charge is 2.32. The molecule has 1 amide bonds. The van der Waals surface area contributed by atoms with Gasteiger partial charge in [0.15, 0.2) is 0 Å². The molecule has 0 aliphatic carbocycles. The third-order valence-corrected chi connectivity index (χ3v) is 4.46. The van der Waals surface area contributed by atoms with Gasteiger partial charge in [0, 0.05) is 43.8 Å². The smallest absolute Gasteiger partial charge is 0.368 e. The van der Waals surface area contributed by atoms with Crippen LogP contribution in [-0.4, -0.2) is 37.6 Å². The molecule has 2 heterocycles. The molecule has 0 unspecified atom stereocenters. The number of anilines is 3. The Morgan fingerprint density at radius 3 is 2.23 bits per heavy atom. The number of alkyl halides is 3. The van der Waals surface area contributed by atoms with Crippen LogP contribution in [-0.2, 0) is 11.0 Å². The van der Waals surface area contributed by atoms with E-state index < -0.39 is 11.7 Å². The Kier molecular flexibility index (Phi) is 5.22. The van der Waals surface area contributed by atoms with Crippen LogP contribution >= 0.6 is 11.6 Å². The van der Waals surface area contributed by atoms with E-state index in [4.69, 9.17) is 11.6 Å². The van der Waals surface area contributed by atoms with Crippen LogP contribution in [0.4, 0.5) is 30.4 Å². The second kappa shape index (κ2) is 7.41. The van der Waals surface area contributed by atoms with E-state index in [1.54, 1.807) is 0 Å². The zero-order valence-corrected chi connectivity index (χ0v) is 14.4. The van der Waals surface area contributed by atoms with Gasteiger partial charge in [-0.25, -0.2) is 4.98 Å². The first-order valence-corrected chi connectivity index (χ1v) is 8.29. The summed E-state index contributed by atoms with van der Waals surface area (Å²) in [6.45, 7) is 2.54. The number of pyridine rings is 1. The molecule has 9 heteroatoms. The first-order valence-electron chi connectivity index (χ1n) is 7.91. The molecule has 1 aromatic heterocycles. The van der Waals surface area contributed by atoms with E-state index in [1.807, 2.05) is 29.2 Å². The lowest BCUT2D eigenvalue weighted by Crippen LogP contribution is -2.47. The fraction of sp³-hybridized carbons (Fsp3) is 0.294. The number of nitrogens with one attached hydrogen (secondary N) is 1. The van der Waals surface area contributed by atoms with Crippen LogP contribution in [0.2, 0.25) is 5.02 Å². The van der Waals surface area contributed by atoms with Crippen molar-refractivity contribution in [3.63, 3.8) is 0 Å². The topological polar surface area (TPSA) is 48.5 Å². The van der Waals surface area contributed by atoms with Gasteiger partial charge in [-0.15, -0.1) is 0 Å². The first kappa shape index (κ1) is 18.3. The van der Waals surface area contributed by atoms with Gasteiger partial charge in [0.1, 0.15) is 5.82 Å². The van der Waals surface area contributed by atoms with E-state index in [0.29, 0.717) is 44.1 Å². The lowest BCUT2D eigenvalue weighted by molar-refractivity contribution is -0.137. The minimum atomic E-state index is -4.46. The van der Waals surface area contributed by atoms with Crippen molar-refractivity contribution in [3.05, 3.63) is 47.1 Å². The van der Waals surface area contributed by atoms with Crippen molar-refractivity contribution in [1.82, 2.24) is 4.98 Å². The Morgan fingerprint density at radius 1 is 1.08 bits per heavy atom. The van der Waals surface area contributed by atoms with Crippen molar-refractivity contribution in [2.45, 2.75) is 6.18 Å². The van der Waals surface area contributed by atoms with Crippen molar-refractivity contribution in [2.75, 3.05) is 41.3 Å². The van der Waals surface area contributed by atoms with Crippen LogP contribution in [0.5, 0.6) is 0 Å². The minimum Gasteiger partial charge on any atom is -0.368 e. The molecular weight excluding hydrogens is 369 g/mol. The maximum absolute atomic E-state index is 12.7. The Balaban J connectivity index is 1.66. The maximum Gasteiger partial charge on any atom is 0.417 e. The monoisotopic (exact) mass is 384 g/mol. The molecule has 0 radical (unpaired) electrons. The number of amides is 1. The van der Waals surface area contributed by atoms with Gasteiger partial charge in [0.25, 0.3) is 0 Å². The number of halogens is 4. The molecule has 3 rings (SSSR count). The van der Waals surface area contributed by atoms with Crippen LogP contribution < -0.4 is 15.1 Å². The molecule has 0 spiro atoms. The summed E-state index contributed by atoms with van der Waals surface area (Å²) in [7, 11) is 0. The number of hydrogen-bond acceptors (Lipinski definition) is 4. The molecule has 0 saturated carbocycles. The van der Waals surface area contributed by atoms with E-state index in [2.05, 4.69) is 15.2 Å². The molecule has 2 aromatic rings. The fourth-order valence-electron chi connectivity index (χ4n) is 2.83. The van der Waals surface area contributed by atoms with E-state index in [1.165, 1.54) is 0 Å². The normalized spacial score (nSPS) is 15.1. The number of hydrogen-bond donors (Lipinski definition) is 1. The van der Waals surface area contributed by atoms with Gasteiger partial charge in [-0.2, -0.15) is 13.2 Å². The van der Waals surface area contributed by atoms with Crippen molar-refractivity contribution < 1.29 is 18.0 Å². The Labute approximate surface area is 153 Å². The molecule has 1 saturated heterocycles. The molecule has 5 nitrogen and oxygen atoms in total. The fourth-order valence-corrected chi connectivity index (χ4v) is 3.12. The van der Waals surface area contributed by atoms with Crippen LogP contribution in [0.15, 0.2) is 36.5 Å². The molecular formula is C17H16ClF3N4O. The highest BCUT2D eigenvalue weighted by molar-refractivity contribution is 6.33.